The molecule has 0 aliphatic heterocycles. The number of nitrogens with zero attached hydrogens (tertiary/aromatic N) is 3. The van der Waals surface area contributed by atoms with Crippen LogP contribution in [0.2, 0.25) is 0 Å². The molecule has 2 aromatic carbocycles. The predicted molar refractivity (Wildman–Crippen MR) is 136 cm³/mol. The lowest BCUT2D eigenvalue weighted by Crippen LogP contribution is -2.26. The van der Waals surface area contributed by atoms with E-state index >= 15 is 0 Å². The van der Waals surface area contributed by atoms with Gasteiger partial charge >= 0.3 is 11.7 Å². The molecule has 6 heteroatoms. The van der Waals surface area contributed by atoms with Gasteiger partial charge in [-0.1, -0.05) is 94.8 Å². The average molecular weight is 464 g/mol. The smallest absolute Gasteiger partial charge is 0.346 e. The SMILES string of the molecule is CCCCCCCc1nn(CCCCC)c(=O)n1Cc1ccc(-c2ccccc2C(=O)O)cc1. The van der Waals surface area contributed by atoms with Gasteiger partial charge in [-0.15, -0.1) is 0 Å². The maximum Gasteiger partial charge on any atom is 0.346 e. The maximum atomic E-state index is 13.1. The van der Waals surface area contributed by atoms with Gasteiger partial charge in [0.15, 0.2) is 0 Å². The van der Waals surface area contributed by atoms with Crippen LogP contribution in [0.15, 0.2) is 53.3 Å². The number of hydrogen-bond acceptors (Lipinski definition) is 3. The van der Waals surface area contributed by atoms with Crippen molar-refractivity contribution in [2.24, 2.45) is 0 Å². The number of carbonyl (C=O) groups is 1. The Morgan fingerprint density at radius 2 is 1.56 bits per heavy atom. The Morgan fingerprint density at radius 1 is 0.882 bits per heavy atom. The van der Waals surface area contributed by atoms with Crippen LogP contribution in [0.4, 0.5) is 0 Å². The number of carboxylic acid groups (broad SMARTS) is 1. The van der Waals surface area contributed by atoms with Crippen molar-refractivity contribution in [3.05, 3.63) is 76.0 Å². The Morgan fingerprint density at radius 3 is 2.26 bits per heavy atom. The topological polar surface area (TPSA) is 77.1 Å². The Balaban J connectivity index is 1.80. The second-order valence-corrected chi connectivity index (χ2v) is 8.93. The predicted octanol–water partition coefficient (Wildman–Crippen LogP) is 6.16. The van der Waals surface area contributed by atoms with Crippen LogP contribution in [0, 0.1) is 0 Å². The van der Waals surface area contributed by atoms with Gasteiger partial charge < -0.3 is 5.11 Å². The van der Waals surface area contributed by atoms with Crippen LogP contribution in [0.25, 0.3) is 11.1 Å². The van der Waals surface area contributed by atoms with E-state index in [1.54, 1.807) is 16.8 Å². The van der Waals surface area contributed by atoms with Crippen molar-refractivity contribution < 1.29 is 9.90 Å². The van der Waals surface area contributed by atoms with Crippen molar-refractivity contribution in [1.29, 1.82) is 0 Å². The van der Waals surface area contributed by atoms with Gasteiger partial charge in [0.1, 0.15) is 5.82 Å². The van der Waals surface area contributed by atoms with E-state index in [2.05, 4.69) is 13.8 Å². The van der Waals surface area contributed by atoms with Gasteiger partial charge in [0.25, 0.3) is 0 Å². The van der Waals surface area contributed by atoms with Crippen LogP contribution in [0.5, 0.6) is 0 Å². The summed E-state index contributed by atoms with van der Waals surface area (Å²) in [4.78, 5) is 24.7. The highest BCUT2D eigenvalue weighted by Gasteiger charge is 2.15. The molecule has 182 valence electrons. The van der Waals surface area contributed by atoms with E-state index in [9.17, 15) is 14.7 Å². The van der Waals surface area contributed by atoms with Gasteiger partial charge in [-0.05, 0) is 35.6 Å². The zero-order valence-electron chi connectivity index (χ0n) is 20.5. The fraction of sp³-hybridized carbons (Fsp3) is 0.464. The average Bonchev–Trinajstić information content (AvgIpc) is 3.14. The number of rotatable bonds is 14. The third-order valence-corrected chi connectivity index (χ3v) is 6.24. The third kappa shape index (κ3) is 6.69. The molecule has 3 aromatic rings. The van der Waals surface area contributed by atoms with Gasteiger partial charge in [0, 0.05) is 13.0 Å². The summed E-state index contributed by atoms with van der Waals surface area (Å²) in [6.45, 7) is 5.49. The zero-order valence-corrected chi connectivity index (χ0v) is 20.5. The van der Waals surface area contributed by atoms with Crippen LogP contribution < -0.4 is 5.69 Å². The van der Waals surface area contributed by atoms with Crippen LogP contribution in [0.3, 0.4) is 0 Å². The number of aryl methyl sites for hydroxylation is 2. The molecule has 0 spiro atoms. The molecule has 34 heavy (non-hydrogen) atoms. The van der Waals surface area contributed by atoms with Gasteiger partial charge in [-0.25, -0.2) is 14.3 Å². The van der Waals surface area contributed by atoms with Crippen molar-refractivity contribution in [2.45, 2.75) is 84.7 Å². The number of benzene rings is 2. The molecule has 1 N–H and O–H groups in total. The second kappa shape index (κ2) is 12.9. The summed E-state index contributed by atoms with van der Waals surface area (Å²) in [6, 6.07) is 14.8. The standard InChI is InChI=1S/C28H37N3O3/c1-3-5-7-8-9-15-26-29-31(20-12-6-4-2)28(34)30(26)21-22-16-18-23(19-17-22)24-13-10-11-14-25(24)27(32)33/h10-11,13-14,16-19H,3-9,12,15,20-21H2,1-2H3,(H,32,33). The fourth-order valence-corrected chi connectivity index (χ4v) is 4.27. The van der Waals surface area contributed by atoms with Crippen LogP contribution in [-0.2, 0) is 19.5 Å². The minimum Gasteiger partial charge on any atom is -0.478 e. The molecule has 0 atom stereocenters. The van der Waals surface area contributed by atoms with Gasteiger partial charge in [0.05, 0.1) is 12.1 Å². The molecule has 0 amide bonds. The molecule has 0 saturated heterocycles. The Hall–Kier alpha value is -3.15. The minimum absolute atomic E-state index is 0.0417. The van der Waals surface area contributed by atoms with Crippen molar-refractivity contribution in [2.75, 3.05) is 0 Å². The number of hydrogen-bond donors (Lipinski definition) is 1. The molecule has 0 radical (unpaired) electrons. The molecule has 0 unspecified atom stereocenters. The number of carboxylic acids is 1. The Kier molecular flexibility index (Phi) is 9.68. The van der Waals surface area contributed by atoms with Gasteiger partial charge in [-0.2, -0.15) is 5.10 Å². The highest BCUT2D eigenvalue weighted by atomic mass is 16.4. The zero-order chi connectivity index (χ0) is 24.3. The summed E-state index contributed by atoms with van der Waals surface area (Å²) in [5.41, 5.74) is 2.78. The van der Waals surface area contributed by atoms with Crippen molar-refractivity contribution >= 4 is 5.97 Å². The van der Waals surface area contributed by atoms with E-state index in [1.807, 2.05) is 41.0 Å². The number of aromatic nitrogens is 3. The number of aromatic carboxylic acids is 1. The lowest BCUT2D eigenvalue weighted by molar-refractivity contribution is 0.0697. The molecular weight excluding hydrogens is 426 g/mol. The summed E-state index contributed by atoms with van der Waals surface area (Å²) in [7, 11) is 0. The molecule has 0 saturated carbocycles. The molecule has 0 aliphatic rings. The molecule has 6 nitrogen and oxygen atoms in total. The molecule has 0 aliphatic carbocycles. The summed E-state index contributed by atoms with van der Waals surface area (Å²) in [5, 5.41) is 14.2. The number of unbranched alkanes of at least 4 members (excludes halogenated alkanes) is 6. The largest absolute Gasteiger partial charge is 0.478 e. The highest BCUT2D eigenvalue weighted by Crippen LogP contribution is 2.24. The minimum atomic E-state index is -0.940. The van der Waals surface area contributed by atoms with Crippen LogP contribution in [0.1, 0.15) is 87.0 Å². The first kappa shape index (κ1) is 25.5. The van der Waals surface area contributed by atoms with Crippen molar-refractivity contribution in [3.63, 3.8) is 0 Å². The Labute approximate surface area is 202 Å². The first-order valence-electron chi connectivity index (χ1n) is 12.6. The second-order valence-electron chi connectivity index (χ2n) is 8.93. The fourth-order valence-electron chi connectivity index (χ4n) is 4.27. The summed E-state index contributed by atoms with van der Waals surface area (Å²) >= 11 is 0. The van der Waals surface area contributed by atoms with Gasteiger partial charge in [0.2, 0.25) is 0 Å². The molecule has 1 heterocycles. The summed E-state index contributed by atoms with van der Waals surface area (Å²) < 4.78 is 3.44. The van der Waals surface area contributed by atoms with E-state index in [0.29, 0.717) is 18.7 Å². The third-order valence-electron chi connectivity index (χ3n) is 6.24. The molecule has 1 aromatic heterocycles. The summed E-state index contributed by atoms with van der Waals surface area (Å²) in [6.07, 6.45) is 9.84. The molecule has 0 bridgehead atoms. The first-order valence-corrected chi connectivity index (χ1v) is 12.6. The van der Waals surface area contributed by atoms with E-state index < -0.39 is 5.97 Å². The molecule has 3 rings (SSSR count). The van der Waals surface area contributed by atoms with E-state index in [0.717, 1.165) is 55.5 Å². The molecular formula is C28H37N3O3. The first-order chi connectivity index (χ1) is 16.5. The van der Waals surface area contributed by atoms with Crippen molar-refractivity contribution in [3.8, 4) is 11.1 Å². The lowest BCUT2D eigenvalue weighted by atomic mass is 9.99. The highest BCUT2D eigenvalue weighted by molar-refractivity contribution is 5.95. The quantitative estimate of drug-likeness (QED) is 0.290. The summed E-state index contributed by atoms with van der Waals surface area (Å²) in [5.74, 6) is -0.0800. The van der Waals surface area contributed by atoms with E-state index in [-0.39, 0.29) is 11.3 Å². The molecule has 0 fully saturated rings. The van der Waals surface area contributed by atoms with Crippen molar-refractivity contribution in [1.82, 2.24) is 14.3 Å². The van der Waals surface area contributed by atoms with Gasteiger partial charge in [-0.3, -0.25) is 4.57 Å². The maximum absolute atomic E-state index is 13.1. The van der Waals surface area contributed by atoms with Crippen LogP contribution in [-0.4, -0.2) is 25.4 Å². The monoisotopic (exact) mass is 463 g/mol. The van der Waals surface area contributed by atoms with Crippen LogP contribution >= 0.6 is 0 Å². The van der Waals surface area contributed by atoms with E-state index in [1.165, 1.54) is 19.3 Å². The van der Waals surface area contributed by atoms with E-state index in [4.69, 9.17) is 5.10 Å². The normalized spacial score (nSPS) is 11.1. The Bertz CT molecular complexity index is 1110. The lowest BCUT2D eigenvalue weighted by Gasteiger charge is -2.09.